The van der Waals surface area contributed by atoms with E-state index < -0.39 is 23.5 Å². The highest BCUT2D eigenvalue weighted by atomic mass is 17.2. The molecule has 0 aliphatic carbocycles. The average Bonchev–Trinajstić information content (AvgIpc) is 2.84. The molecule has 0 saturated heterocycles. The van der Waals surface area contributed by atoms with Crippen LogP contribution in [-0.2, 0) is 28.8 Å². The van der Waals surface area contributed by atoms with Gasteiger partial charge in [-0.3, -0.25) is 9.59 Å². The number of esters is 2. The number of rotatable bonds is 12. The third-order valence-corrected chi connectivity index (χ3v) is 3.83. The molecular formula is C22H20O10. The number of ether oxygens (including phenoxy) is 4. The number of methoxy groups -OCH3 is 2. The number of benzene rings is 2. The number of Topliss-reactive ketones (excluding diaryl/α,β-unsaturated/α-hetero) is 2. The van der Waals surface area contributed by atoms with Crippen LogP contribution in [0.25, 0.3) is 0 Å². The Balaban J connectivity index is 1.62. The second-order valence-corrected chi connectivity index (χ2v) is 5.85. The van der Waals surface area contributed by atoms with Gasteiger partial charge >= 0.3 is 11.9 Å². The Morgan fingerprint density at radius 3 is 1.69 bits per heavy atom. The molecule has 168 valence electrons. The fourth-order valence-electron chi connectivity index (χ4n) is 2.21. The Labute approximate surface area is 183 Å². The smallest absolute Gasteiger partial charge is 0.384 e. The predicted octanol–water partition coefficient (Wildman–Crippen LogP) is 2.28. The van der Waals surface area contributed by atoms with Crippen molar-refractivity contribution in [2.75, 3.05) is 27.4 Å². The molecule has 0 bridgehead atoms. The predicted molar refractivity (Wildman–Crippen MR) is 108 cm³/mol. The van der Waals surface area contributed by atoms with E-state index in [1.807, 2.05) is 0 Å². The van der Waals surface area contributed by atoms with Gasteiger partial charge in [0.15, 0.2) is 6.26 Å². The van der Waals surface area contributed by atoms with E-state index in [1.165, 1.54) is 50.6 Å². The van der Waals surface area contributed by atoms with Gasteiger partial charge in [0.1, 0.15) is 31.0 Å². The maximum absolute atomic E-state index is 11.9. The van der Waals surface area contributed by atoms with Crippen LogP contribution in [0.2, 0.25) is 0 Å². The molecule has 0 aliphatic rings. The van der Waals surface area contributed by atoms with Gasteiger partial charge in [-0.1, -0.05) is 0 Å². The van der Waals surface area contributed by atoms with Crippen LogP contribution < -0.4 is 9.47 Å². The van der Waals surface area contributed by atoms with E-state index in [0.29, 0.717) is 11.5 Å². The lowest BCUT2D eigenvalue weighted by molar-refractivity contribution is -0.255. The normalized spacial score (nSPS) is 10.3. The molecule has 0 heterocycles. The van der Waals surface area contributed by atoms with Crippen molar-refractivity contribution >= 4 is 23.5 Å². The quantitative estimate of drug-likeness (QED) is 0.0916. The van der Waals surface area contributed by atoms with Gasteiger partial charge in [-0.25, -0.2) is 9.59 Å². The summed E-state index contributed by atoms with van der Waals surface area (Å²) in [7, 11) is 2.96. The molecule has 2 aromatic carbocycles. The summed E-state index contributed by atoms with van der Waals surface area (Å²) in [6, 6.07) is 11.9. The number of carbonyl (C=O) groups excluding carboxylic acids is 4. The highest BCUT2D eigenvalue weighted by molar-refractivity contribution is 6.41. The lowest BCUT2D eigenvalue weighted by Gasteiger charge is -2.05. The van der Waals surface area contributed by atoms with E-state index in [4.69, 9.17) is 14.2 Å². The fourth-order valence-corrected chi connectivity index (χ4v) is 2.21. The molecule has 0 fully saturated rings. The minimum atomic E-state index is -1.12. The Kier molecular flexibility index (Phi) is 9.41. The van der Waals surface area contributed by atoms with Crippen LogP contribution >= 0.6 is 0 Å². The zero-order valence-electron chi connectivity index (χ0n) is 17.3. The van der Waals surface area contributed by atoms with Crippen molar-refractivity contribution in [3.8, 4) is 11.5 Å². The second-order valence-electron chi connectivity index (χ2n) is 5.85. The molecule has 2 rings (SSSR count). The van der Waals surface area contributed by atoms with E-state index in [0.717, 1.165) is 12.5 Å². The molecule has 0 radical (unpaired) electrons. The molecule has 0 spiro atoms. The largest absolute Gasteiger partial charge is 0.497 e. The number of hydrogen-bond acceptors (Lipinski definition) is 10. The van der Waals surface area contributed by atoms with Gasteiger partial charge in [0, 0.05) is 11.1 Å². The van der Waals surface area contributed by atoms with Crippen LogP contribution in [0.15, 0.2) is 61.1 Å². The van der Waals surface area contributed by atoms with Crippen molar-refractivity contribution < 1.29 is 47.9 Å². The zero-order valence-corrected chi connectivity index (χ0v) is 17.3. The minimum absolute atomic E-state index is 0.132. The van der Waals surface area contributed by atoms with E-state index in [1.54, 1.807) is 12.1 Å². The van der Waals surface area contributed by atoms with Crippen molar-refractivity contribution in [3.05, 3.63) is 72.2 Å². The fraction of sp³-hybridized carbons (Fsp3) is 0.182. The molecule has 10 nitrogen and oxygen atoms in total. The number of hydrogen-bond donors (Lipinski definition) is 0. The molecule has 0 atom stereocenters. The van der Waals surface area contributed by atoms with Gasteiger partial charge in [0.25, 0.3) is 11.6 Å². The molecule has 32 heavy (non-hydrogen) atoms. The Hall–Kier alpha value is -4.18. The maximum atomic E-state index is 11.9. The summed E-state index contributed by atoms with van der Waals surface area (Å²) in [5.41, 5.74) is 0.286. The Morgan fingerprint density at radius 1 is 0.688 bits per heavy atom. The SMILES string of the molecule is COc1ccc(C(=O)C(=O)O/C=C\OOCCOC(=O)C(=O)c2ccc(OC)cc2)cc1. The van der Waals surface area contributed by atoms with Crippen molar-refractivity contribution in [1.29, 1.82) is 0 Å². The van der Waals surface area contributed by atoms with Crippen LogP contribution in [0.4, 0.5) is 0 Å². The molecule has 2 aromatic rings. The van der Waals surface area contributed by atoms with Crippen LogP contribution in [0.3, 0.4) is 0 Å². The Bertz CT molecular complexity index is 961. The average molecular weight is 444 g/mol. The molecular weight excluding hydrogens is 424 g/mol. The lowest BCUT2D eigenvalue weighted by atomic mass is 10.1. The van der Waals surface area contributed by atoms with Crippen LogP contribution in [0.1, 0.15) is 20.7 Å². The molecule has 0 aliphatic heterocycles. The topological polar surface area (TPSA) is 124 Å². The van der Waals surface area contributed by atoms with Crippen molar-refractivity contribution in [2.45, 2.75) is 0 Å². The summed E-state index contributed by atoms with van der Waals surface area (Å²) in [6.07, 6.45) is 1.67. The van der Waals surface area contributed by atoms with Gasteiger partial charge in [-0.2, -0.15) is 4.89 Å². The first-order valence-electron chi connectivity index (χ1n) is 9.14. The first kappa shape index (κ1) is 24.1. The lowest BCUT2D eigenvalue weighted by Crippen LogP contribution is -2.19. The van der Waals surface area contributed by atoms with Gasteiger partial charge in [-0.05, 0) is 48.5 Å². The highest BCUT2D eigenvalue weighted by Gasteiger charge is 2.18. The first-order chi connectivity index (χ1) is 15.5. The van der Waals surface area contributed by atoms with Gasteiger partial charge in [-0.15, -0.1) is 0 Å². The summed E-state index contributed by atoms with van der Waals surface area (Å²) in [5, 5.41) is 0. The Morgan fingerprint density at radius 2 is 1.19 bits per heavy atom. The van der Waals surface area contributed by atoms with Crippen molar-refractivity contribution in [3.63, 3.8) is 0 Å². The number of ketones is 2. The van der Waals surface area contributed by atoms with E-state index in [9.17, 15) is 19.2 Å². The summed E-state index contributed by atoms with van der Waals surface area (Å²) < 4.78 is 19.3. The van der Waals surface area contributed by atoms with Crippen LogP contribution in [0, 0.1) is 0 Å². The second kappa shape index (κ2) is 12.5. The minimum Gasteiger partial charge on any atom is -0.497 e. The van der Waals surface area contributed by atoms with Gasteiger partial charge in [0.2, 0.25) is 0 Å². The molecule has 0 unspecified atom stereocenters. The summed E-state index contributed by atoms with van der Waals surface area (Å²) in [6.45, 7) is -0.463. The third kappa shape index (κ3) is 7.26. The van der Waals surface area contributed by atoms with Gasteiger partial charge in [0.05, 0.1) is 14.2 Å². The van der Waals surface area contributed by atoms with Crippen molar-refractivity contribution in [2.24, 2.45) is 0 Å². The van der Waals surface area contributed by atoms with Crippen molar-refractivity contribution in [1.82, 2.24) is 0 Å². The van der Waals surface area contributed by atoms with E-state index in [-0.39, 0.29) is 24.3 Å². The van der Waals surface area contributed by atoms with Crippen LogP contribution in [-0.4, -0.2) is 50.9 Å². The molecule has 0 aromatic heterocycles. The maximum Gasteiger partial charge on any atom is 0.384 e. The van der Waals surface area contributed by atoms with E-state index in [2.05, 4.69) is 14.5 Å². The standard InChI is InChI=1S/C22H20O10/c1-27-17-7-3-15(4-8-17)19(23)21(25)29-11-13-31-32-14-12-30-22(26)20(24)16-5-9-18(28-2)10-6-16/h3-11,13H,12,14H2,1-2H3/b13-11-. The summed E-state index contributed by atoms with van der Waals surface area (Å²) in [4.78, 5) is 56.5. The highest BCUT2D eigenvalue weighted by Crippen LogP contribution is 2.13. The first-order valence-corrected chi connectivity index (χ1v) is 9.14. The summed E-state index contributed by atoms with van der Waals surface area (Å²) in [5.74, 6) is -2.77. The van der Waals surface area contributed by atoms with Gasteiger partial charge < -0.3 is 23.8 Å². The molecule has 0 amide bonds. The van der Waals surface area contributed by atoms with Crippen LogP contribution in [0.5, 0.6) is 11.5 Å². The molecule has 0 N–H and O–H groups in total. The number of carbonyl (C=O) groups is 4. The monoisotopic (exact) mass is 444 g/mol. The molecule has 10 heteroatoms. The molecule has 0 saturated carbocycles. The van der Waals surface area contributed by atoms with E-state index >= 15 is 0 Å². The zero-order chi connectivity index (χ0) is 23.3. The third-order valence-electron chi connectivity index (χ3n) is 3.83. The summed E-state index contributed by atoms with van der Waals surface area (Å²) >= 11 is 0.